The molecule has 0 saturated heterocycles. The monoisotopic (exact) mass is 209 g/mol. The van der Waals surface area contributed by atoms with Gasteiger partial charge in [-0.05, 0) is 12.0 Å². The Balaban J connectivity index is 2.07. The van der Waals surface area contributed by atoms with E-state index in [4.69, 9.17) is 0 Å². The van der Waals surface area contributed by atoms with Gasteiger partial charge in [0.2, 0.25) is 0 Å². The fourth-order valence-corrected chi connectivity index (χ4v) is 2.07. The summed E-state index contributed by atoms with van der Waals surface area (Å²) in [5.41, 5.74) is 3.13. The molecule has 16 heavy (non-hydrogen) atoms. The van der Waals surface area contributed by atoms with Gasteiger partial charge in [0.25, 0.3) is 5.91 Å². The third kappa shape index (κ3) is 1.31. The average molecular weight is 209 g/mol. The molecular weight excluding hydrogens is 198 g/mol. The lowest BCUT2D eigenvalue weighted by Gasteiger charge is -2.18. The minimum Gasteiger partial charge on any atom is -0.284 e. The van der Waals surface area contributed by atoms with Crippen molar-refractivity contribution < 1.29 is 4.79 Å². The second kappa shape index (κ2) is 3.49. The maximum absolute atomic E-state index is 11.7. The van der Waals surface area contributed by atoms with E-state index in [1.165, 1.54) is 0 Å². The van der Waals surface area contributed by atoms with Crippen molar-refractivity contribution in [2.75, 3.05) is 0 Å². The maximum atomic E-state index is 11.7. The van der Waals surface area contributed by atoms with Gasteiger partial charge >= 0.3 is 0 Å². The first-order valence-corrected chi connectivity index (χ1v) is 5.34. The molecule has 0 fully saturated rings. The summed E-state index contributed by atoms with van der Waals surface area (Å²) in [4.78, 5) is 13.4. The van der Waals surface area contributed by atoms with Crippen LogP contribution in [-0.2, 0) is 4.79 Å². The SMILES string of the molecule is O=C1C=C(c2ccccc2)C2=CCC=CN12. The number of carbonyl (C=O) groups is 1. The normalized spacial score (nSPS) is 18.2. The summed E-state index contributed by atoms with van der Waals surface area (Å²) in [5.74, 6) is 0.0426. The first-order chi connectivity index (χ1) is 7.86. The quantitative estimate of drug-likeness (QED) is 0.696. The van der Waals surface area contributed by atoms with Crippen LogP contribution in [0, 0.1) is 0 Å². The van der Waals surface area contributed by atoms with E-state index in [-0.39, 0.29) is 5.91 Å². The standard InChI is InChI=1S/C14H11NO/c16-14-10-12(11-6-2-1-3-7-11)13-8-4-5-9-15(13)14/h1-3,5-10H,4H2. The molecule has 2 heterocycles. The molecule has 0 unspecified atom stereocenters. The predicted molar refractivity (Wildman–Crippen MR) is 63.1 cm³/mol. The summed E-state index contributed by atoms with van der Waals surface area (Å²) in [6.45, 7) is 0. The molecular formula is C14H11NO. The van der Waals surface area contributed by atoms with Crippen LogP contribution in [0.15, 0.2) is 60.5 Å². The number of rotatable bonds is 1. The molecule has 1 aromatic carbocycles. The van der Waals surface area contributed by atoms with E-state index in [1.54, 1.807) is 11.0 Å². The summed E-state index contributed by atoms with van der Waals surface area (Å²) in [5, 5.41) is 0. The van der Waals surface area contributed by atoms with Crippen LogP contribution in [0.5, 0.6) is 0 Å². The van der Waals surface area contributed by atoms with Crippen LogP contribution >= 0.6 is 0 Å². The average Bonchev–Trinajstić information content (AvgIpc) is 2.69. The smallest absolute Gasteiger partial charge is 0.255 e. The highest BCUT2D eigenvalue weighted by Gasteiger charge is 2.27. The summed E-state index contributed by atoms with van der Waals surface area (Å²) >= 11 is 0. The molecule has 0 aliphatic carbocycles. The van der Waals surface area contributed by atoms with Crippen molar-refractivity contribution >= 4 is 11.5 Å². The molecule has 0 saturated carbocycles. The lowest BCUT2D eigenvalue weighted by molar-refractivity contribution is -0.121. The number of nitrogens with zero attached hydrogens (tertiary/aromatic N) is 1. The number of allylic oxidation sites excluding steroid dienone is 3. The molecule has 1 aromatic rings. The molecule has 0 spiro atoms. The van der Waals surface area contributed by atoms with Gasteiger partial charge in [0.1, 0.15) is 0 Å². The van der Waals surface area contributed by atoms with Crippen LogP contribution in [-0.4, -0.2) is 10.8 Å². The second-order valence-corrected chi connectivity index (χ2v) is 3.84. The van der Waals surface area contributed by atoms with Gasteiger partial charge in [0.15, 0.2) is 0 Å². The maximum Gasteiger partial charge on any atom is 0.255 e. The Labute approximate surface area is 94.2 Å². The van der Waals surface area contributed by atoms with Gasteiger partial charge < -0.3 is 0 Å². The van der Waals surface area contributed by atoms with E-state index >= 15 is 0 Å². The molecule has 78 valence electrons. The highest BCUT2D eigenvalue weighted by atomic mass is 16.2. The van der Waals surface area contributed by atoms with Gasteiger partial charge in [0, 0.05) is 17.8 Å². The molecule has 1 amide bonds. The zero-order valence-electron chi connectivity index (χ0n) is 8.76. The van der Waals surface area contributed by atoms with Gasteiger partial charge in [-0.2, -0.15) is 0 Å². The van der Waals surface area contributed by atoms with Crippen LogP contribution in [0.2, 0.25) is 0 Å². The minimum absolute atomic E-state index is 0.0426. The van der Waals surface area contributed by atoms with Crippen molar-refractivity contribution in [1.29, 1.82) is 0 Å². The lowest BCUT2D eigenvalue weighted by Crippen LogP contribution is -2.19. The molecule has 0 radical (unpaired) electrons. The highest BCUT2D eigenvalue weighted by molar-refractivity contribution is 6.07. The molecule has 0 atom stereocenters. The number of hydrogen-bond acceptors (Lipinski definition) is 1. The van der Waals surface area contributed by atoms with E-state index in [0.717, 1.165) is 23.3 Å². The molecule has 2 nitrogen and oxygen atoms in total. The van der Waals surface area contributed by atoms with Crippen molar-refractivity contribution in [1.82, 2.24) is 4.90 Å². The minimum atomic E-state index is 0.0426. The van der Waals surface area contributed by atoms with E-state index in [1.807, 2.05) is 42.6 Å². The molecule has 0 aromatic heterocycles. The molecule has 0 bridgehead atoms. The van der Waals surface area contributed by atoms with Crippen molar-refractivity contribution in [2.24, 2.45) is 0 Å². The fraction of sp³-hybridized carbons (Fsp3) is 0.0714. The van der Waals surface area contributed by atoms with Crippen LogP contribution < -0.4 is 0 Å². The van der Waals surface area contributed by atoms with E-state index in [9.17, 15) is 4.79 Å². The Hall–Kier alpha value is -2.09. The molecule has 2 aliphatic rings. The fourth-order valence-electron chi connectivity index (χ4n) is 2.07. The van der Waals surface area contributed by atoms with Gasteiger partial charge in [-0.1, -0.05) is 42.5 Å². The largest absolute Gasteiger partial charge is 0.284 e. The zero-order valence-corrected chi connectivity index (χ0v) is 8.76. The number of benzene rings is 1. The third-order valence-electron chi connectivity index (χ3n) is 2.83. The van der Waals surface area contributed by atoms with Gasteiger partial charge in [-0.15, -0.1) is 0 Å². The first-order valence-electron chi connectivity index (χ1n) is 5.34. The lowest BCUT2D eigenvalue weighted by atomic mass is 10.0. The van der Waals surface area contributed by atoms with E-state index < -0.39 is 0 Å². The Morgan fingerprint density at radius 1 is 1.12 bits per heavy atom. The molecule has 3 rings (SSSR count). The number of amides is 1. The third-order valence-corrected chi connectivity index (χ3v) is 2.83. The van der Waals surface area contributed by atoms with E-state index in [2.05, 4.69) is 6.08 Å². The first kappa shape index (κ1) is 9.16. The highest BCUT2D eigenvalue weighted by Crippen LogP contribution is 2.33. The summed E-state index contributed by atoms with van der Waals surface area (Å²) in [6.07, 6.45) is 8.52. The van der Waals surface area contributed by atoms with Crippen LogP contribution in [0.25, 0.3) is 5.57 Å². The van der Waals surface area contributed by atoms with Gasteiger partial charge in [-0.25, -0.2) is 0 Å². The second-order valence-electron chi connectivity index (χ2n) is 3.84. The van der Waals surface area contributed by atoms with Gasteiger partial charge in [0.05, 0.1) is 5.70 Å². The Bertz CT molecular complexity index is 523. The van der Waals surface area contributed by atoms with Crippen molar-refractivity contribution in [3.63, 3.8) is 0 Å². The van der Waals surface area contributed by atoms with Crippen molar-refractivity contribution in [3.8, 4) is 0 Å². The summed E-state index contributed by atoms with van der Waals surface area (Å²) in [7, 11) is 0. The molecule has 2 heteroatoms. The van der Waals surface area contributed by atoms with Crippen molar-refractivity contribution in [2.45, 2.75) is 6.42 Å². The Morgan fingerprint density at radius 2 is 1.94 bits per heavy atom. The topological polar surface area (TPSA) is 20.3 Å². The van der Waals surface area contributed by atoms with Crippen LogP contribution in [0.4, 0.5) is 0 Å². The number of fused-ring (bicyclic) bond motifs is 1. The number of carbonyl (C=O) groups excluding carboxylic acids is 1. The van der Waals surface area contributed by atoms with E-state index in [0.29, 0.717) is 0 Å². The molecule has 2 aliphatic heterocycles. The van der Waals surface area contributed by atoms with Crippen molar-refractivity contribution in [3.05, 3.63) is 66.0 Å². The summed E-state index contributed by atoms with van der Waals surface area (Å²) in [6, 6.07) is 10.0. The van der Waals surface area contributed by atoms with Gasteiger partial charge in [-0.3, -0.25) is 9.69 Å². The van der Waals surface area contributed by atoms with Crippen LogP contribution in [0.1, 0.15) is 12.0 Å². The van der Waals surface area contributed by atoms with Crippen LogP contribution in [0.3, 0.4) is 0 Å². The Morgan fingerprint density at radius 3 is 2.75 bits per heavy atom. The Kier molecular flexibility index (Phi) is 2.00. The summed E-state index contributed by atoms with van der Waals surface area (Å²) < 4.78 is 0. The number of hydrogen-bond donors (Lipinski definition) is 0. The molecule has 0 N–H and O–H groups in total. The predicted octanol–water partition coefficient (Wildman–Crippen LogP) is 2.71. The zero-order chi connectivity index (χ0) is 11.0.